The molecule has 0 atom stereocenters. The summed E-state index contributed by atoms with van der Waals surface area (Å²) in [5, 5.41) is 4.26. The molecule has 1 N–H and O–H groups in total. The van der Waals surface area contributed by atoms with Gasteiger partial charge in [-0.15, -0.1) is 0 Å². The number of ether oxygens (including phenoxy) is 1. The molecule has 1 aliphatic carbocycles. The third-order valence-electron chi connectivity index (χ3n) is 4.98. The van der Waals surface area contributed by atoms with Crippen LogP contribution >= 0.6 is 0 Å². The number of carbonyl (C=O) groups is 1. The van der Waals surface area contributed by atoms with Gasteiger partial charge in [0.2, 0.25) is 6.54 Å². The number of amides is 1. The number of hydrogen-bond donors (Lipinski definition) is 1. The number of pyridine rings is 1. The third kappa shape index (κ3) is 3.57. The number of rotatable bonds is 5. The van der Waals surface area contributed by atoms with E-state index in [1.807, 2.05) is 54.9 Å². The van der Waals surface area contributed by atoms with Crippen molar-refractivity contribution in [2.75, 3.05) is 7.11 Å². The van der Waals surface area contributed by atoms with Gasteiger partial charge < -0.3 is 4.74 Å². The van der Waals surface area contributed by atoms with Gasteiger partial charge in [0.25, 0.3) is 0 Å². The number of nitrogens with one attached hydrogen (secondary N) is 1. The summed E-state index contributed by atoms with van der Waals surface area (Å²) < 4.78 is 7.59. The molecule has 0 saturated carbocycles. The molecule has 1 aromatic heterocycles. The van der Waals surface area contributed by atoms with E-state index in [0.717, 1.165) is 22.3 Å². The van der Waals surface area contributed by atoms with Crippen molar-refractivity contribution in [2.45, 2.75) is 18.6 Å². The van der Waals surface area contributed by atoms with Gasteiger partial charge in [-0.3, -0.25) is 4.79 Å². The van der Waals surface area contributed by atoms with Crippen molar-refractivity contribution in [3.05, 3.63) is 101 Å². The highest BCUT2D eigenvalue weighted by Gasteiger charge is 2.31. The van der Waals surface area contributed by atoms with Gasteiger partial charge in [0.15, 0.2) is 12.4 Å². The minimum absolute atomic E-state index is 0.0384. The van der Waals surface area contributed by atoms with Gasteiger partial charge in [0.1, 0.15) is 6.10 Å². The summed E-state index contributed by atoms with van der Waals surface area (Å²) in [7, 11) is 1.73. The van der Waals surface area contributed by atoms with Gasteiger partial charge in [-0.2, -0.15) is 9.67 Å². The molecule has 0 aliphatic heterocycles. The zero-order chi connectivity index (χ0) is 19.3. The van der Waals surface area contributed by atoms with Crippen LogP contribution in [0.4, 0.5) is 0 Å². The molecule has 5 nitrogen and oxygen atoms in total. The molecule has 140 valence electrons. The van der Waals surface area contributed by atoms with Crippen LogP contribution in [0.5, 0.6) is 0 Å². The Labute approximate surface area is 164 Å². The van der Waals surface area contributed by atoms with Gasteiger partial charge in [0.05, 0.1) is 0 Å². The van der Waals surface area contributed by atoms with Crippen molar-refractivity contribution < 1.29 is 14.1 Å². The predicted molar refractivity (Wildman–Crippen MR) is 107 cm³/mol. The number of fused-ring (bicyclic) bond motifs is 2. The second-order valence-electron chi connectivity index (χ2n) is 6.71. The maximum Gasteiger partial charge on any atom is 0.305 e. The van der Waals surface area contributed by atoms with Crippen LogP contribution in [0.2, 0.25) is 0 Å². The largest absolute Gasteiger partial charge is 0.372 e. The minimum Gasteiger partial charge on any atom is -0.372 e. The fourth-order valence-electron chi connectivity index (χ4n) is 3.74. The summed E-state index contributed by atoms with van der Waals surface area (Å²) in [6.45, 7) is 0.224. The molecule has 0 fully saturated rings. The van der Waals surface area contributed by atoms with Crippen molar-refractivity contribution in [3.63, 3.8) is 0 Å². The van der Waals surface area contributed by atoms with Crippen molar-refractivity contribution >= 4 is 12.1 Å². The zero-order valence-corrected chi connectivity index (χ0v) is 15.7. The predicted octanol–water partition coefficient (Wildman–Crippen LogP) is 2.96. The fraction of sp³-hybridized carbons (Fsp3) is 0.174. The van der Waals surface area contributed by atoms with Crippen LogP contribution in [0.15, 0.2) is 84.2 Å². The summed E-state index contributed by atoms with van der Waals surface area (Å²) in [5.74, 6) is -0.205. The van der Waals surface area contributed by atoms with Gasteiger partial charge in [-0.05, 0) is 22.3 Å². The van der Waals surface area contributed by atoms with Crippen molar-refractivity contribution in [3.8, 4) is 0 Å². The van der Waals surface area contributed by atoms with E-state index in [1.165, 1.54) is 0 Å². The molecule has 0 radical (unpaired) electrons. The quantitative estimate of drug-likeness (QED) is 0.425. The minimum atomic E-state index is -0.167. The van der Waals surface area contributed by atoms with Crippen LogP contribution in [0.1, 0.15) is 34.3 Å². The number of nitrogens with zero attached hydrogens (tertiary/aromatic N) is 2. The standard InChI is InChI=1S/C23H21N3O2/c1-28-23-19-11-5-3-9-17(19)21(18-10-4-6-12-20(18)23)15-24-25-22(27)16-26-13-7-2-8-14-26/h2-15,21,23H,16H2,1H3/p+1/b24-15+. The molecular formula is C23H22N3O2+. The van der Waals surface area contributed by atoms with Crippen LogP contribution in [-0.2, 0) is 16.1 Å². The van der Waals surface area contributed by atoms with Crippen LogP contribution in [-0.4, -0.2) is 19.2 Å². The second-order valence-corrected chi connectivity index (χ2v) is 6.71. The first kappa shape index (κ1) is 18.1. The molecule has 0 saturated heterocycles. The molecule has 3 aromatic rings. The van der Waals surface area contributed by atoms with E-state index in [2.05, 4.69) is 34.8 Å². The zero-order valence-electron chi connectivity index (χ0n) is 15.7. The lowest BCUT2D eigenvalue weighted by Crippen LogP contribution is -2.40. The first-order chi connectivity index (χ1) is 13.8. The highest BCUT2D eigenvalue weighted by atomic mass is 16.5. The first-order valence-electron chi connectivity index (χ1n) is 9.24. The second kappa shape index (κ2) is 8.15. The Bertz CT molecular complexity index is 954. The van der Waals surface area contributed by atoms with E-state index in [9.17, 15) is 4.79 Å². The van der Waals surface area contributed by atoms with Crippen LogP contribution < -0.4 is 9.99 Å². The van der Waals surface area contributed by atoms with Gasteiger partial charge >= 0.3 is 5.91 Å². The van der Waals surface area contributed by atoms with Gasteiger partial charge in [-0.1, -0.05) is 54.6 Å². The lowest BCUT2D eigenvalue weighted by Gasteiger charge is -2.31. The molecule has 2 aromatic carbocycles. The summed E-state index contributed by atoms with van der Waals surface area (Å²) >= 11 is 0. The number of carbonyl (C=O) groups excluding carboxylic acids is 1. The Kier molecular flexibility index (Phi) is 5.26. The van der Waals surface area contributed by atoms with E-state index in [4.69, 9.17) is 4.74 Å². The Balaban J connectivity index is 1.58. The van der Waals surface area contributed by atoms with Crippen LogP contribution in [0.25, 0.3) is 0 Å². The Hall–Kier alpha value is -3.31. The molecule has 4 rings (SSSR count). The van der Waals surface area contributed by atoms with Crippen molar-refractivity contribution in [1.82, 2.24) is 5.43 Å². The van der Waals surface area contributed by atoms with Crippen LogP contribution in [0, 0.1) is 0 Å². The fourth-order valence-corrected chi connectivity index (χ4v) is 3.74. The van der Waals surface area contributed by atoms with Crippen molar-refractivity contribution in [2.24, 2.45) is 5.10 Å². The molecule has 28 heavy (non-hydrogen) atoms. The summed E-state index contributed by atoms with van der Waals surface area (Å²) in [6, 6.07) is 22.1. The summed E-state index contributed by atoms with van der Waals surface area (Å²) in [4.78, 5) is 12.2. The Morgan fingerprint density at radius 1 is 0.964 bits per heavy atom. The first-order valence-corrected chi connectivity index (χ1v) is 9.24. The normalized spacial score (nSPS) is 17.8. The number of hydrazone groups is 1. The third-order valence-corrected chi connectivity index (χ3v) is 4.98. The molecule has 0 bridgehead atoms. The molecule has 0 unspecified atom stereocenters. The van der Waals surface area contributed by atoms with E-state index >= 15 is 0 Å². The van der Waals surface area contributed by atoms with E-state index in [-0.39, 0.29) is 24.5 Å². The maximum atomic E-state index is 12.2. The topological polar surface area (TPSA) is 54.6 Å². The lowest BCUT2D eigenvalue weighted by molar-refractivity contribution is -0.684. The SMILES string of the molecule is COC1c2ccccc2C(/C=N/NC(=O)C[n+]2ccccc2)c2ccccc21. The summed E-state index contributed by atoms with van der Waals surface area (Å²) in [5.41, 5.74) is 7.19. The van der Waals surface area contributed by atoms with Gasteiger partial charge in [0, 0.05) is 31.4 Å². The molecule has 0 spiro atoms. The number of hydrogen-bond acceptors (Lipinski definition) is 3. The monoisotopic (exact) mass is 372 g/mol. The average Bonchev–Trinajstić information content (AvgIpc) is 2.74. The highest BCUT2D eigenvalue weighted by Crippen LogP contribution is 2.42. The number of aromatic nitrogens is 1. The lowest BCUT2D eigenvalue weighted by atomic mass is 9.77. The van der Waals surface area contributed by atoms with Crippen LogP contribution in [0.3, 0.4) is 0 Å². The Morgan fingerprint density at radius 2 is 1.54 bits per heavy atom. The van der Waals surface area contributed by atoms with E-state index < -0.39 is 0 Å². The Morgan fingerprint density at radius 3 is 2.11 bits per heavy atom. The number of benzene rings is 2. The molecule has 1 heterocycles. The molecule has 1 aliphatic rings. The average molecular weight is 372 g/mol. The molecule has 1 amide bonds. The maximum absolute atomic E-state index is 12.2. The smallest absolute Gasteiger partial charge is 0.305 e. The van der Waals surface area contributed by atoms with E-state index in [0.29, 0.717) is 0 Å². The van der Waals surface area contributed by atoms with Gasteiger partial charge in [-0.25, -0.2) is 5.43 Å². The highest BCUT2D eigenvalue weighted by molar-refractivity contribution is 5.79. The summed E-state index contributed by atoms with van der Waals surface area (Å²) in [6.07, 6.45) is 5.40. The van der Waals surface area contributed by atoms with Crippen molar-refractivity contribution in [1.29, 1.82) is 0 Å². The number of methoxy groups -OCH3 is 1. The van der Waals surface area contributed by atoms with E-state index in [1.54, 1.807) is 17.9 Å². The molecular weight excluding hydrogens is 350 g/mol. The molecule has 5 heteroatoms.